The van der Waals surface area contributed by atoms with Crippen LogP contribution in [0.15, 0.2) is 224 Å². The van der Waals surface area contributed by atoms with Crippen LogP contribution in [0.1, 0.15) is 204 Å². The topological polar surface area (TPSA) is 520 Å². The van der Waals surface area contributed by atoms with E-state index in [1.807, 2.05) is 80.5 Å². The number of aromatic nitrogens is 3. The van der Waals surface area contributed by atoms with Gasteiger partial charge in [0.25, 0.3) is 0 Å². The lowest BCUT2D eigenvalue weighted by Crippen LogP contribution is -2.61. The molecule has 1 aromatic heterocycles. The largest absolute Gasteiger partial charge is 0.461 e. The Labute approximate surface area is 879 Å². The third-order valence-electron chi connectivity index (χ3n) is 24.4. The van der Waals surface area contributed by atoms with Gasteiger partial charge in [0.1, 0.15) is 85.7 Å². The second-order valence-corrected chi connectivity index (χ2v) is 39.8. The van der Waals surface area contributed by atoms with Gasteiger partial charge in [0, 0.05) is 62.7 Å². The van der Waals surface area contributed by atoms with E-state index in [4.69, 9.17) is 19.7 Å². The Morgan fingerprint density at radius 1 is 0.327 bits per heavy atom. The van der Waals surface area contributed by atoms with E-state index >= 15 is 38.4 Å². The molecule has 0 aliphatic rings. The highest BCUT2D eigenvalue weighted by Crippen LogP contribution is 2.21. The van der Waals surface area contributed by atoms with Crippen molar-refractivity contribution in [1.82, 2.24) is 84.1 Å². The van der Waals surface area contributed by atoms with Crippen LogP contribution in [0, 0.1) is 29.6 Å². The van der Waals surface area contributed by atoms with E-state index in [1.165, 1.54) is 0 Å². The standard InChI is InChI=1S/C113H151N19O18/c1-12-13-14-36-54-115-102(136)97(69-100(134)149-72-84-48-32-20-33-49-84)127-113(147)98(70-101(135)150-73-85-50-34-21-35-51-85)128-107(141)91(63-78(10)11)121-105(139)89(61-76(6)7)119-103(137)87(59-74(2)3)118-104(138)88(60-75(4)5)120-106(140)90(62-77(8)9)122-109(143)93(65-80-40-24-16-25-41-80)124-111(145)95(67-82-44-28-18-29-45-82)126-112(146)96(68-83-46-30-19-31-47-83)125-110(144)94(66-81-42-26-17-27-43-81)123-108(142)92(64-79-38-22-15-23-39-79)117-99(133)53-37-52-86-71-132(131-129-86)56-58-148-57-55-116-130-114/h15-35,38-51,71,74-78,87-98H,12-14,36-37,52-70,72-73H2,1-11H3,(H,115,136)(H,117,133)(H,118,138)(H,119,137)(H,120,140)(H,121,139)(H,122,143)(H,123,142)(H,124,145)(H,125,144)(H,126,146)(H,127,147)(H,128,141)/t87-,88-,89-,90+,91-,92-,93+,94+,95+,96+,97+,98-/m1/s1. The lowest BCUT2D eigenvalue weighted by atomic mass is 9.97. The number of nitrogens with zero attached hydrogens (tertiary/aromatic N) is 6. The van der Waals surface area contributed by atoms with Crippen molar-refractivity contribution in [3.05, 3.63) is 274 Å². The molecule has 0 fully saturated rings. The maximum atomic E-state index is 15.6. The Morgan fingerprint density at radius 3 is 0.900 bits per heavy atom. The number of nitrogens with one attached hydrogen (secondary N) is 13. The van der Waals surface area contributed by atoms with Crippen LogP contribution in [0.5, 0.6) is 0 Å². The van der Waals surface area contributed by atoms with Gasteiger partial charge in [-0.15, -0.1) is 5.10 Å². The first-order valence-electron chi connectivity index (χ1n) is 52.0. The molecule has 37 nitrogen and oxygen atoms in total. The van der Waals surface area contributed by atoms with Gasteiger partial charge in [-0.25, -0.2) is 4.68 Å². The van der Waals surface area contributed by atoms with E-state index in [0.717, 1.165) is 19.3 Å². The fourth-order valence-corrected chi connectivity index (χ4v) is 16.7. The molecule has 7 aromatic carbocycles. The maximum absolute atomic E-state index is 15.6. The van der Waals surface area contributed by atoms with Gasteiger partial charge in [0.15, 0.2) is 0 Å². The van der Waals surface area contributed by atoms with Crippen LogP contribution in [-0.4, -0.2) is 203 Å². The molecule has 0 bridgehead atoms. The minimum absolute atomic E-state index is 0.00390. The fraction of sp³-hybridized carbons (Fsp3) is 0.478. The highest BCUT2D eigenvalue weighted by molar-refractivity contribution is 6.01. The van der Waals surface area contributed by atoms with Gasteiger partial charge in [-0.3, -0.25) is 71.9 Å². The first kappa shape index (κ1) is 120. The van der Waals surface area contributed by atoms with Crippen molar-refractivity contribution in [1.29, 1.82) is 0 Å². The zero-order valence-electron chi connectivity index (χ0n) is 88.0. The van der Waals surface area contributed by atoms with Gasteiger partial charge < -0.3 is 83.3 Å². The van der Waals surface area contributed by atoms with E-state index in [9.17, 15) is 33.6 Å². The number of carbonyl (C=O) groups excluding carboxylic acids is 15. The van der Waals surface area contributed by atoms with Crippen molar-refractivity contribution in [2.24, 2.45) is 34.7 Å². The van der Waals surface area contributed by atoms with E-state index in [-0.39, 0.29) is 133 Å². The first-order valence-corrected chi connectivity index (χ1v) is 52.0. The van der Waals surface area contributed by atoms with Gasteiger partial charge in [-0.2, -0.15) is 0 Å². The summed E-state index contributed by atoms with van der Waals surface area (Å²) in [4.78, 5) is 225. The third-order valence-corrected chi connectivity index (χ3v) is 24.4. The van der Waals surface area contributed by atoms with Crippen LogP contribution in [0.4, 0.5) is 0 Å². The Kier molecular flexibility index (Phi) is 52.6. The van der Waals surface area contributed by atoms with Crippen LogP contribution in [-0.2, 0) is 144 Å². The molecule has 0 aliphatic carbocycles. The summed E-state index contributed by atoms with van der Waals surface area (Å²) >= 11 is 0. The molecule has 1 heterocycles. The van der Waals surface area contributed by atoms with Crippen molar-refractivity contribution in [2.75, 3.05) is 26.3 Å². The van der Waals surface area contributed by atoms with E-state index < -0.39 is 174 Å². The average Bonchev–Trinajstić information content (AvgIpc) is 1.15. The molecule has 12 atom stereocenters. The lowest BCUT2D eigenvalue weighted by Gasteiger charge is -2.30. The van der Waals surface area contributed by atoms with Gasteiger partial charge in [0.05, 0.1) is 38.3 Å². The molecule has 0 radical (unpaired) electrons. The summed E-state index contributed by atoms with van der Waals surface area (Å²) < 4.78 is 18.2. The van der Waals surface area contributed by atoms with Crippen LogP contribution in [0.3, 0.4) is 0 Å². The van der Waals surface area contributed by atoms with Crippen molar-refractivity contribution in [2.45, 2.75) is 290 Å². The molecule has 0 saturated heterocycles. The summed E-state index contributed by atoms with van der Waals surface area (Å²) in [6, 6.07) is 44.7. The molecular weight excluding hydrogens is 1910 g/mol. The minimum Gasteiger partial charge on any atom is -0.461 e. The van der Waals surface area contributed by atoms with E-state index in [1.54, 1.807) is 219 Å². The summed E-state index contributed by atoms with van der Waals surface area (Å²) in [5.74, 6) is -13.5. The van der Waals surface area contributed by atoms with Crippen molar-refractivity contribution in [3.8, 4) is 0 Å². The number of hydrogen-bond donors (Lipinski definition) is 13. The van der Waals surface area contributed by atoms with Gasteiger partial charge in [-0.1, -0.05) is 318 Å². The van der Waals surface area contributed by atoms with Crippen molar-refractivity contribution < 1.29 is 86.1 Å². The molecule has 37 heteroatoms. The van der Waals surface area contributed by atoms with Gasteiger partial charge >= 0.3 is 11.9 Å². The molecule has 8 rings (SSSR count). The molecule has 806 valence electrons. The summed E-state index contributed by atoms with van der Waals surface area (Å²) in [5.41, 5.74) is 13.6. The predicted octanol–water partition coefficient (Wildman–Crippen LogP) is 10.2. The number of esters is 2. The molecule has 0 spiro atoms. The molecule has 13 amide bonds. The third kappa shape index (κ3) is 45.8. The average molecular weight is 2060 g/mol. The lowest BCUT2D eigenvalue weighted by molar-refractivity contribution is -0.149. The number of unbranched alkanes of at least 4 members (excludes halogenated alkanes) is 3. The Hall–Kier alpha value is -15.0. The first-order chi connectivity index (χ1) is 72.1. The SMILES string of the molecule is CCCCCCNC(=O)[C@H](CC(=O)OCc1ccccc1)NC(=O)[C@@H](CC(=O)OCc1ccccc1)NC(=O)[C@@H](CC(C)C)NC(=O)[C@@H](CC(C)C)NC(=O)[C@@H](CC(C)C)NC(=O)[C@@H](CC(C)C)NC(=O)[C@H](CC(C)C)NC(=O)[C@H](Cc1ccccc1)NC(=O)[C@H](Cc1ccccc1)NC(=O)[C@H](Cc1ccccc1)NC(=O)[C@H](Cc1ccccc1)NC(=O)[C@@H](Cc1ccccc1)NC(=O)CCCc1cn(CCOCCN=[N+]=[N-])nn1. The van der Waals surface area contributed by atoms with Gasteiger partial charge in [-0.05, 0) is 125 Å². The van der Waals surface area contributed by atoms with Gasteiger partial charge in [0.2, 0.25) is 76.8 Å². The zero-order valence-corrected chi connectivity index (χ0v) is 88.0. The fourth-order valence-electron chi connectivity index (χ4n) is 16.7. The summed E-state index contributed by atoms with van der Waals surface area (Å²) in [6.07, 6.45) is 3.82. The zero-order chi connectivity index (χ0) is 109. The highest BCUT2D eigenvalue weighted by Gasteiger charge is 2.40. The minimum atomic E-state index is -1.76. The second-order valence-electron chi connectivity index (χ2n) is 39.8. The Balaban J connectivity index is 1.00. The molecule has 8 aromatic rings. The molecule has 150 heavy (non-hydrogen) atoms. The predicted molar refractivity (Wildman–Crippen MR) is 568 cm³/mol. The number of hydrogen-bond acceptors (Lipinski definition) is 21. The molecule has 13 N–H and O–H groups in total. The molecule has 0 saturated carbocycles. The number of carbonyl (C=O) groups is 15. The number of ether oxygens (including phenoxy) is 3. The monoisotopic (exact) mass is 2060 g/mol. The molecule has 0 unspecified atom stereocenters. The molecular formula is C113H151N19O18. The quantitative estimate of drug-likeness (QED) is 0.00554. The van der Waals surface area contributed by atoms with Crippen LogP contribution in [0.2, 0.25) is 0 Å². The summed E-state index contributed by atoms with van der Waals surface area (Å²) in [7, 11) is 0. The molecule has 0 aliphatic heterocycles. The van der Waals surface area contributed by atoms with Crippen LogP contribution in [0.25, 0.3) is 10.4 Å². The number of amides is 13. The summed E-state index contributed by atoms with van der Waals surface area (Å²) in [5, 5.41) is 48.7. The Morgan fingerprint density at radius 2 is 0.600 bits per heavy atom. The smallest absolute Gasteiger partial charge is 0.308 e. The van der Waals surface area contributed by atoms with E-state index in [2.05, 4.69) is 89.5 Å². The summed E-state index contributed by atoms with van der Waals surface area (Å²) in [6.45, 7) is 21.2. The number of rotatable bonds is 67. The number of benzene rings is 7. The van der Waals surface area contributed by atoms with E-state index in [0.29, 0.717) is 77.1 Å². The maximum Gasteiger partial charge on any atom is 0.308 e. The van der Waals surface area contributed by atoms with Crippen LogP contribution >= 0.6 is 0 Å². The normalized spacial score (nSPS) is 13.6. The number of azide groups is 1. The van der Waals surface area contributed by atoms with Crippen molar-refractivity contribution in [3.63, 3.8) is 0 Å². The van der Waals surface area contributed by atoms with Crippen LogP contribution < -0.4 is 69.1 Å². The number of aryl methyl sites for hydroxylation is 1. The second kappa shape index (κ2) is 65.7. The Bertz CT molecular complexity index is 5610. The van der Waals surface area contributed by atoms with Crippen molar-refractivity contribution >= 4 is 88.7 Å². The highest BCUT2D eigenvalue weighted by atomic mass is 16.5.